The van der Waals surface area contributed by atoms with Crippen LogP contribution in [0.3, 0.4) is 0 Å². The SMILES string of the molecule is CN(C)S(=O)(=O)N1CCCC(c2noc(C3CC3)n2)C1. The molecule has 0 bridgehead atoms. The van der Waals surface area contributed by atoms with Crippen molar-refractivity contribution in [3.63, 3.8) is 0 Å². The van der Waals surface area contributed by atoms with E-state index < -0.39 is 10.2 Å². The lowest BCUT2D eigenvalue weighted by atomic mass is 9.99. The van der Waals surface area contributed by atoms with Crippen molar-refractivity contribution in [1.82, 2.24) is 18.8 Å². The highest BCUT2D eigenvalue weighted by molar-refractivity contribution is 7.86. The molecule has 1 saturated heterocycles. The molecule has 20 heavy (non-hydrogen) atoms. The van der Waals surface area contributed by atoms with Crippen LogP contribution < -0.4 is 0 Å². The van der Waals surface area contributed by atoms with Crippen molar-refractivity contribution in [2.75, 3.05) is 27.2 Å². The standard InChI is InChI=1S/C12H20N4O3S/c1-15(2)20(17,18)16-7-3-4-10(8-16)11-13-12(19-14-11)9-5-6-9/h9-10H,3-8H2,1-2H3. The number of aromatic nitrogens is 2. The van der Waals surface area contributed by atoms with Gasteiger partial charge in [0.2, 0.25) is 5.89 Å². The molecule has 1 aromatic rings. The third kappa shape index (κ3) is 2.59. The van der Waals surface area contributed by atoms with Gasteiger partial charge in [-0.1, -0.05) is 5.16 Å². The predicted molar refractivity (Wildman–Crippen MR) is 72.4 cm³/mol. The van der Waals surface area contributed by atoms with E-state index in [1.54, 1.807) is 14.1 Å². The van der Waals surface area contributed by atoms with E-state index in [0.717, 1.165) is 25.7 Å². The van der Waals surface area contributed by atoms with Gasteiger partial charge in [-0.15, -0.1) is 0 Å². The van der Waals surface area contributed by atoms with Gasteiger partial charge >= 0.3 is 0 Å². The molecule has 0 radical (unpaired) electrons. The first kappa shape index (κ1) is 14.0. The maximum absolute atomic E-state index is 12.2. The Kier molecular flexibility index (Phi) is 3.55. The van der Waals surface area contributed by atoms with Gasteiger partial charge in [-0.3, -0.25) is 0 Å². The van der Waals surface area contributed by atoms with E-state index in [-0.39, 0.29) is 5.92 Å². The van der Waals surface area contributed by atoms with Crippen molar-refractivity contribution in [3.8, 4) is 0 Å². The lowest BCUT2D eigenvalue weighted by Crippen LogP contribution is -2.45. The lowest BCUT2D eigenvalue weighted by Gasteiger charge is -2.32. The van der Waals surface area contributed by atoms with Crippen molar-refractivity contribution in [1.29, 1.82) is 0 Å². The second kappa shape index (κ2) is 5.09. The van der Waals surface area contributed by atoms with Crippen molar-refractivity contribution in [2.45, 2.75) is 37.5 Å². The summed E-state index contributed by atoms with van der Waals surface area (Å²) in [7, 11) is -0.249. The molecule has 0 aromatic carbocycles. The van der Waals surface area contributed by atoms with Gasteiger partial charge in [0.25, 0.3) is 10.2 Å². The van der Waals surface area contributed by atoms with Gasteiger partial charge in [0.05, 0.1) is 0 Å². The third-order valence-corrected chi connectivity index (χ3v) is 5.83. The van der Waals surface area contributed by atoms with Crippen LogP contribution in [-0.2, 0) is 10.2 Å². The molecule has 1 atom stereocenters. The first-order valence-corrected chi connectivity index (χ1v) is 8.39. The molecular weight excluding hydrogens is 280 g/mol. The van der Waals surface area contributed by atoms with Gasteiger partial charge in [-0.25, -0.2) is 0 Å². The summed E-state index contributed by atoms with van der Waals surface area (Å²) in [6.45, 7) is 0.995. The van der Waals surface area contributed by atoms with Crippen LogP contribution in [-0.4, -0.2) is 54.4 Å². The number of hydrogen-bond acceptors (Lipinski definition) is 5. The molecule has 0 amide bonds. The summed E-state index contributed by atoms with van der Waals surface area (Å²) in [6, 6.07) is 0. The predicted octanol–water partition coefficient (Wildman–Crippen LogP) is 0.933. The van der Waals surface area contributed by atoms with Gasteiger partial charge in [-0.2, -0.15) is 22.0 Å². The zero-order valence-electron chi connectivity index (χ0n) is 11.8. The number of nitrogens with zero attached hydrogens (tertiary/aromatic N) is 4. The molecule has 1 unspecified atom stereocenters. The quantitative estimate of drug-likeness (QED) is 0.826. The second-order valence-corrected chi connectivity index (χ2v) is 7.89. The summed E-state index contributed by atoms with van der Waals surface area (Å²) in [5.74, 6) is 1.84. The molecule has 1 aromatic heterocycles. The van der Waals surface area contributed by atoms with E-state index in [2.05, 4.69) is 10.1 Å². The van der Waals surface area contributed by atoms with Gasteiger partial charge in [0, 0.05) is 39.0 Å². The van der Waals surface area contributed by atoms with Crippen molar-refractivity contribution >= 4 is 10.2 Å². The van der Waals surface area contributed by atoms with Gasteiger partial charge in [0.1, 0.15) is 0 Å². The maximum atomic E-state index is 12.2. The Morgan fingerprint density at radius 3 is 2.65 bits per heavy atom. The summed E-state index contributed by atoms with van der Waals surface area (Å²) in [5.41, 5.74) is 0. The third-order valence-electron chi connectivity index (χ3n) is 3.92. The normalized spacial score (nSPS) is 25.2. The van der Waals surface area contributed by atoms with Crippen LogP contribution in [0.4, 0.5) is 0 Å². The topological polar surface area (TPSA) is 79.5 Å². The molecule has 3 rings (SSSR count). The molecule has 2 heterocycles. The summed E-state index contributed by atoms with van der Waals surface area (Å²) >= 11 is 0. The highest BCUT2D eigenvalue weighted by Gasteiger charge is 2.35. The van der Waals surface area contributed by atoms with Crippen LogP contribution >= 0.6 is 0 Å². The zero-order chi connectivity index (χ0) is 14.3. The number of piperidine rings is 1. The highest BCUT2D eigenvalue weighted by atomic mass is 32.2. The average Bonchev–Trinajstić information content (AvgIpc) is 3.16. The molecular formula is C12H20N4O3S. The average molecular weight is 300 g/mol. The van der Waals surface area contributed by atoms with Crippen LogP contribution in [0.5, 0.6) is 0 Å². The van der Waals surface area contributed by atoms with E-state index in [1.165, 1.54) is 8.61 Å². The molecule has 2 fully saturated rings. The van der Waals surface area contributed by atoms with Crippen molar-refractivity contribution < 1.29 is 12.9 Å². The Hall–Kier alpha value is -0.990. The molecule has 1 saturated carbocycles. The smallest absolute Gasteiger partial charge is 0.281 e. The van der Waals surface area contributed by atoms with Gasteiger partial charge < -0.3 is 4.52 Å². The van der Waals surface area contributed by atoms with Crippen LogP contribution in [0.25, 0.3) is 0 Å². The van der Waals surface area contributed by atoms with E-state index in [0.29, 0.717) is 30.7 Å². The van der Waals surface area contributed by atoms with Crippen LogP contribution in [0.1, 0.15) is 49.2 Å². The first-order chi connectivity index (χ1) is 9.48. The fraction of sp³-hybridized carbons (Fsp3) is 0.833. The van der Waals surface area contributed by atoms with Crippen molar-refractivity contribution in [3.05, 3.63) is 11.7 Å². The number of rotatable bonds is 4. The fourth-order valence-corrected chi connectivity index (χ4v) is 3.69. The molecule has 0 N–H and O–H groups in total. The zero-order valence-corrected chi connectivity index (χ0v) is 12.6. The Bertz CT molecular complexity index is 579. The minimum Gasteiger partial charge on any atom is -0.339 e. The van der Waals surface area contributed by atoms with Crippen LogP contribution in [0.15, 0.2) is 4.52 Å². The summed E-state index contributed by atoms with van der Waals surface area (Å²) < 4.78 is 32.4. The monoisotopic (exact) mass is 300 g/mol. The summed E-state index contributed by atoms with van der Waals surface area (Å²) in [5, 5.41) is 4.04. The Labute approximate surface area is 119 Å². The second-order valence-electron chi connectivity index (χ2n) is 5.75. The summed E-state index contributed by atoms with van der Waals surface area (Å²) in [4.78, 5) is 4.44. The fourth-order valence-electron chi connectivity index (χ4n) is 2.50. The minimum absolute atomic E-state index is 0.0368. The van der Waals surface area contributed by atoms with Gasteiger partial charge in [0.15, 0.2) is 5.82 Å². The van der Waals surface area contributed by atoms with Crippen molar-refractivity contribution in [2.24, 2.45) is 0 Å². The van der Waals surface area contributed by atoms with E-state index in [1.807, 2.05) is 0 Å². The molecule has 1 aliphatic carbocycles. The molecule has 1 aliphatic heterocycles. The largest absolute Gasteiger partial charge is 0.339 e. The molecule has 0 spiro atoms. The summed E-state index contributed by atoms with van der Waals surface area (Å²) in [6.07, 6.45) is 3.97. The first-order valence-electron chi connectivity index (χ1n) is 6.99. The molecule has 2 aliphatic rings. The van der Waals surface area contributed by atoms with E-state index in [9.17, 15) is 8.42 Å². The van der Waals surface area contributed by atoms with E-state index >= 15 is 0 Å². The van der Waals surface area contributed by atoms with Crippen LogP contribution in [0, 0.1) is 0 Å². The number of hydrogen-bond donors (Lipinski definition) is 0. The highest BCUT2D eigenvalue weighted by Crippen LogP contribution is 2.39. The van der Waals surface area contributed by atoms with Crippen LogP contribution in [0.2, 0.25) is 0 Å². The van der Waals surface area contributed by atoms with Gasteiger partial charge in [-0.05, 0) is 25.7 Å². The maximum Gasteiger partial charge on any atom is 0.281 e. The molecule has 7 nitrogen and oxygen atoms in total. The Morgan fingerprint density at radius 2 is 2.00 bits per heavy atom. The lowest BCUT2D eigenvalue weighted by molar-refractivity contribution is 0.287. The molecule has 112 valence electrons. The molecule has 8 heteroatoms. The minimum atomic E-state index is -3.36. The Morgan fingerprint density at radius 1 is 1.25 bits per heavy atom. The van der Waals surface area contributed by atoms with E-state index in [4.69, 9.17) is 4.52 Å². The Balaban J connectivity index is 1.74.